The zero-order valence-corrected chi connectivity index (χ0v) is 14.9. The zero-order valence-electron chi connectivity index (χ0n) is 14.1. The minimum absolute atomic E-state index is 0.00172. The first-order chi connectivity index (χ1) is 11.4. The van der Waals surface area contributed by atoms with Gasteiger partial charge in [-0.1, -0.05) is 18.2 Å². The van der Waals surface area contributed by atoms with Crippen LogP contribution >= 0.6 is 0 Å². The molecule has 1 N–H and O–H groups in total. The van der Waals surface area contributed by atoms with Gasteiger partial charge in [0.15, 0.2) is 0 Å². The Hall–Kier alpha value is -1.68. The molecular formula is C15H23N3O5S. The van der Waals surface area contributed by atoms with Crippen molar-refractivity contribution in [3.8, 4) is 5.75 Å². The number of para-hydroxylation sites is 1. The van der Waals surface area contributed by atoms with Gasteiger partial charge in [0.25, 0.3) is 16.1 Å². The lowest BCUT2D eigenvalue weighted by atomic mass is 10.2. The summed E-state index contributed by atoms with van der Waals surface area (Å²) >= 11 is 0. The molecule has 0 unspecified atom stereocenters. The van der Waals surface area contributed by atoms with Crippen molar-refractivity contribution in [1.29, 1.82) is 0 Å². The Labute approximate surface area is 142 Å². The van der Waals surface area contributed by atoms with E-state index in [2.05, 4.69) is 5.32 Å². The number of hydrogen-bond acceptors (Lipinski definition) is 5. The van der Waals surface area contributed by atoms with Crippen molar-refractivity contribution in [2.24, 2.45) is 0 Å². The van der Waals surface area contributed by atoms with Crippen LogP contribution in [0.3, 0.4) is 0 Å². The summed E-state index contributed by atoms with van der Waals surface area (Å²) in [5, 5.41) is 2.77. The van der Waals surface area contributed by atoms with Crippen LogP contribution < -0.4 is 10.1 Å². The molecule has 0 spiro atoms. The number of hydrogen-bond donors (Lipinski definition) is 1. The molecule has 0 radical (unpaired) electrons. The molecule has 0 aromatic heterocycles. The lowest BCUT2D eigenvalue weighted by Gasteiger charge is -2.32. The zero-order chi connectivity index (χ0) is 17.7. The summed E-state index contributed by atoms with van der Waals surface area (Å²) < 4.78 is 37.4. The Morgan fingerprint density at radius 2 is 2.12 bits per heavy atom. The Morgan fingerprint density at radius 1 is 1.42 bits per heavy atom. The molecule has 1 atom stereocenters. The first-order valence-corrected chi connectivity index (χ1v) is 8.94. The van der Waals surface area contributed by atoms with Crippen molar-refractivity contribution < 1.29 is 22.7 Å². The van der Waals surface area contributed by atoms with Crippen LogP contribution in [0.4, 0.5) is 0 Å². The van der Waals surface area contributed by atoms with E-state index in [1.807, 2.05) is 24.3 Å². The maximum Gasteiger partial charge on any atom is 0.281 e. The summed E-state index contributed by atoms with van der Waals surface area (Å²) in [4.78, 5) is 12.3. The average Bonchev–Trinajstić information content (AvgIpc) is 2.59. The third-order valence-electron chi connectivity index (χ3n) is 3.75. The van der Waals surface area contributed by atoms with Gasteiger partial charge in [-0.15, -0.1) is 0 Å². The fraction of sp³-hybridized carbons (Fsp3) is 0.533. The lowest BCUT2D eigenvalue weighted by Crippen LogP contribution is -2.53. The van der Waals surface area contributed by atoms with Gasteiger partial charge in [-0.05, 0) is 6.07 Å². The summed E-state index contributed by atoms with van der Waals surface area (Å²) in [6.45, 7) is 0.692. The van der Waals surface area contributed by atoms with Crippen LogP contribution in [0.5, 0.6) is 5.75 Å². The number of nitrogens with one attached hydrogen (secondary N) is 1. The summed E-state index contributed by atoms with van der Waals surface area (Å²) in [7, 11) is 0.927. The second-order valence-electron chi connectivity index (χ2n) is 5.54. The lowest BCUT2D eigenvalue weighted by molar-refractivity contribution is -0.136. The van der Waals surface area contributed by atoms with E-state index in [9.17, 15) is 13.2 Å². The van der Waals surface area contributed by atoms with Gasteiger partial charge in [0.05, 0.1) is 20.3 Å². The second-order valence-corrected chi connectivity index (χ2v) is 7.68. The normalized spacial score (nSPS) is 19.2. The maximum absolute atomic E-state index is 12.3. The number of carbonyl (C=O) groups excluding carboxylic acids is 1. The smallest absolute Gasteiger partial charge is 0.281 e. The van der Waals surface area contributed by atoms with Crippen LogP contribution in [0, 0.1) is 0 Å². The maximum atomic E-state index is 12.3. The average molecular weight is 357 g/mol. The highest BCUT2D eigenvalue weighted by molar-refractivity contribution is 7.86. The SMILES string of the molecule is COc1ccccc1CNC(=O)[C@H]1CN(S(=O)(=O)N(C)C)CCO1. The Balaban J connectivity index is 1.97. The molecule has 1 aromatic rings. The second kappa shape index (κ2) is 7.93. The number of rotatable bonds is 6. The molecule has 0 aliphatic carbocycles. The fourth-order valence-corrected chi connectivity index (χ4v) is 3.46. The van der Waals surface area contributed by atoms with Gasteiger partial charge in [0.1, 0.15) is 11.9 Å². The number of amides is 1. The standard InChI is InChI=1S/C15H23N3O5S/c1-17(2)24(20,21)18-8-9-23-14(11-18)15(19)16-10-12-6-4-5-7-13(12)22-3/h4-7,14H,8-11H2,1-3H3,(H,16,19)/t14-/m1/s1. The first kappa shape index (κ1) is 18.7. The first-order valence-electron chi connectivity index (χ1n) is 7.55. The number of nitrogens with zero attached hydrogens (tertiary/aromatic N) is 2. The van der Waals surface area contributed by atoms with Crippen LogP contribution in [0.25, 0.3) is 0 Å². The molecule has 1 amide bonds. The van der Waals surface area contributed by atoms with E-state index in [0.29, 0.717) is 5.75 Å². The largest absolute Gasteiger partial charge is 0.496 e. The van der Waals surface area contributed by atoms with E-state index in [4.69, 9.17) is 9.47 Å². The van der Waals surface area contributed by atoms with Crippen molar-refractivity contribution in [3.63, 3.8) is 0 Å². The van der Waals surface area contributed by atoms with Crippen LogP contribution in [-0.2, 0) is 26.3 Å². The Kier molecular flexibility index (Phi) is 6.16. The molecule has 1 aromatic carbocycles. The molecule has 24 heavy (non-hydrogen) atoms. The van der Waals surface area contributed by atoms with Gasteiger partial charge in [-0.3, -0.25) is 4.79 Å². The van der Waals surface area contributed by atoms with Gasteiger partial charge in [0, 0.05) is 32.7 Å². The molecule has 0 saturated carbocycles. The minimum Gasteiger partial charge on any atom is -0.496 e. The van der Waals surface area contributed by atoms with Crippen LogP contribution in [0.15, 0.2) is 24.3 Å². The molecule has 9 heteroatoms. The predicted molar refractivity (Wildman–Crippen MR) is 88.8 cm³/mol. The van der Waals surface area contributed by atoms with Gasteiger partial charge in [0.2, 0.25) is 0 Å². The van der Waals surface area contributed by atoms with E-state index in [1.54, 1.807) is 7.11 Å². The summed E-state index contributed by atoms with van der Waals surface area (Å²) in [5.74, 6) is 0.332. The monoisotopic (exact) mass is 357 g/mol. The molecule has 1 aliphatic heterocycles. The number of ether oxygens (including phenoxy) is 2. The highest BCUT2D eigenvalue weighted by atomic mass is 32.2. The molecule has 1 saturated heterocycles. The molecular weight excluding hydrogens is 334 g/mol. The van der Waals surface area contributed by atoms with Crippen LogP contribution in [-0.4, -0.2) is 69.9 Å². The Bertz CT molecular complexity index is 677. The van der Waals surface area contributed by atoms with Crippen LogP contribution in [0.1, 0.15) is 5.56 Å². The summed E-state index contributed by atoms with van der Waals surface area (Å²) in [6, 6.07) is 7.36. The third-order valence-corrected chi connectivity index (χ3v) is 5.66. The highest BCUT2D eigenvalue weighted by Crippen LogP contribution is 2.17. The summed E-state index contributed by atoms with van der Waals surface area (Å²) in [6.07, 6.45) is -0.830. The molecule has 134 valence electrons. The summed E-state index contributed by atoms with van der Waals surface area (Å²) in [5.41, 5.74) is 0.835. The molecule has 1 fully saturated rings. The molecule has 1 heterocycles. The van der Waals surface area contributed by atoms with E-state index in [1.165, 1.54) is 18.4 Å². The third kappa shape index (κ3) is 4.23. The molecule has 1 aliphatic rings. The van der Waals surface area contributed by atoms with Crippen molar-refractivity contribution in [2.75, 3.05) is 40.9 Å². The van der Waals surface area contributed by atoms with E-state index in [0.717, 1.165) is 9.87 Å². The Morgan fingerprint density at radius 3 is 2.79 bits per heavy atom. The van der Waals surface area contributed by atoms with Crippen molar-refractivity contribution in [1.82, 2.24) is 13.9 Å². The number of carbonyl (C=O) groups is 1. The molecule has 0 bridgehead atoms. The topological polar surface area (TPSA) is 88.2 Å². The number of morpholine rings is 1. The van der Waals surface area contributed by atoms with Crippen LogP contribution in [0.2, 0.25) is 0 Å². The van der Waals surface area contributed by atoms with E-state index < -0.39 is 16.3 Å². The number of methoxy groups -OCH3 is 1. The van der Waals surface area contributed by atoms with Gasteiger partial charge >= 0.3 is 0 Å². The quantitative estimate of drug-likeness (QED) is 0.763. The molecule has 8 nitrogen and oxygen atoms in total. The predicted octanol–water partition coefficient (Wildman–Crippen LogP) is -0.181. The van der Waals surface area contributed by atoms with Crippen molar-refractivity contribution in [2.45, 2.75) is 12.6 Å². The van der Waals surface area contributed by atoms with E-state index >= 15 is 0 Å². The van der Waals surface area contributed by atoms with Crippen molar-refractivity contribution >= 4 is 16.1 Å². The van der Waals surface area contributed by atoms with E-state index in [-0.39, 0.29) is 32.1 Å². The van der Waals surface area contributed by atoms with Gasteiger partial charge in [-0.25, -0.2) is 0 Å². The highest BCUT2D eigenvalue weighted by Gasteiger charge is 2.34. The van der Waals surface area contributed by atoms with Gasteiger partial charge in [-0.2, -0.15) is 17.0 Å². The van der Waals surface area contributed by atoms with Gasteiger partial charge < -0.3 is 14.8 Å². The fourth-order valence-electron chi connectivity index (χ4n) is 2.37. The molecule has 2 rings (SSSR count). The number of benzene rings is 1. The minimum atomic E-state index is -3.56. The van der Waals surface area contributed by atoms with Crippen molar-refractivity contribution in [3.05, 3.63) is 29.8 Å².